The van der Waals surface area contributed by atoms with E-state index >= 15 is 0 Å². The molecule has 4 nitrogen and oxygen atoms in total. The van der Waals surface area contributed by atoms with Crippen LogP contribution in [0.25, 0.3) is 0 Å². The average Bonchev–Trinajstić information content (AvgIpc) is 2.64. The van der Waals surface area contributed by atoms with Crippen molar-refractivity contribution in [2.75, 3.05) is 18.8 Å². The minimum absolute atomic E-state index is 0.109. The van der Waals surface area contributed by atoms with Gasteiger partial charge in [-0.1, -0.05) is 6.92 Å². The first kappa shape index (κ1) is 15.1. The molecular formula is C10H17BrN2O2S2. The molecule has 1 heterocycles. The molecule has 0 saturated heterocycles. The second-order valence-corrected chi connectivity index (χ2v) is 8.06. The molecule has 0 aromatic carbocycles. The third kappa shape index (κ3) is 5.48. The summed E-state index contributed by atoms with van der Waals surface area (Å²) in [5.74, 6) is 0.109. The van der Waals surface area contributed by atoms with Crippen molar-refractivity contribution in [3.63, 3.8) is 0 Å². The van der Waals surface area contributed by atoms with Gasteiger partial charge in [0.1, 0.15) is 0 Å². The van der Waals surface area contributed by atoms with Gasteiger partial charge in [-0.05, 0) is 35.0 Å². The van der Waals surface area contributed by atoms with Gasteiger partial charge < -0.3 is 5.32 Å². The summed E-state index contributed by atoms with van der Waals surface area (Å²) in [6.07, 6.45) is 0. The molecule has 0 aliphatic carbocycles. The number of thiophene rings is 1. The van der Waals surface area contributed by atoms with Crippen LogP contribution in [0.1, 0.15) is 24.8 Å². The van der Waals surface area contributed by atoms with Gasteiger partial charge in [0, 0.05) is 24.0 Å². The summed E-state index contributed by atoms with van der Waals surface area (Å²) in [6, 6.07) is 4.20. The lowest BCUT2D eigenvalue weighted by atomic mass is 10.3. The molecule has 0 spiro atoms. The van der Waals surface area contributed by atoms with Crippen LogP contribution in [-0.2, 0) is 10.0 Å². The normalized spacial score (nSPS) is 13.8. The minimum atomic E-state index is -3.12. The van der Waals surface area contributed by atoms with Gasteiger partial charge in [0.05, 0.1) is 9.54 Å². The lowest BCUT2D eigenvalue weighted by molar-refractivity contribution is 0.567. The Morgan fingerprint density at radius 2 is 2.18 bits per heavy atom. The van der Waals surface area contributed by atoms with Crippen molar-refractivity contribution >= 4 is 37.3 Å². The van der Waals surface area contributed by atoms with Gasteiger partial charge in [-0.15, -0.1) is 11.3 Å². The van der Waals surface area contributed by atoms with E-state index in [4.69, 9.17) is 0 Å². The number of hydrogen-bond donors (Lipinski definition) is 2. The monoisotopic (exact) mass is 340 g/mol. The van der Waals surface area contributed by atoms with Crippen LogP contribution in [0, 0.1) is 0 Å². The molecule has 1 aromatic rings. The fourth-order valence-corrected chi connectivity index (χ4v) is 3.78. The first-order valence-electron chi connectivity index (χ1n) is 5.40. The topological polar surface area (TPSA) is 58.2 Å². The van der Waals surface area contributed by atoms with Gasteiger partial charge >= 0.3 is 0 Å². The van der Waals surface area contributed by atoms with Crippen molar-refractivity contribution in [3.05, 3.63) is 20.8 Å². The van der Waals surface area contributed by atoms with E-state index in [9.17, 15) is 8.42 Å². The Hall–Kier alpha value is 0.0500. The van der Waals surface area contributed by atoms with Crippen LogP contribution < -0.4 is 10.0 Å². The third-order valence-electron chi connectivity index (χ3n) is 2.21. The van der Waals surface area contributed by atoms with Crippen LogP contribution in [0.15, 0.2) is 15.9 Å². The highest BCUT2D eigenvalue weighted by Crippen LogP contribution is 2.26. The Bertz CT molecular complexity index is 445. The van der Waals surface area contributed by atoms with E-state index in [1.54, 1.807) is 18.3 Å². The van der Waals surface area contributed by atoms with Crippen molar-refractivity contribution in [2.24, 2.45) is 0 Å². The first-order chi connectivity index (χ1) is 7.94. The minimum Gasteiger partial charge on any atom is -0.308 e. The Morgan fingerprint density at radius 1 is 1.47 bits per heavy atom. The summed E-state index contributed by atoms with van der Waals surface area (Å²) in [5.41, 5.74) is 0. The molecule has 17 heavy (non-hydrogen) atoms. The molecular weight excluding hydrogens is 324 g/mol. The van der Waals surface area contributed by atoms with Crippen molar-refractivity contribution < 1.29 is 8.42 Å². The molecule has 1 rings (SSSR count). The summed E-state index contributed by atoms with van der Waals surface area (Å²) >= 11 is 5.06. The van der Waals surface area contributed by atoms with E-state index < -0.39 is 10.0 Å². The number of rotatable bonds is 7. The molecule has 1 aromatic heterocycles. The molecule has 0 aliphatic heterocycles. The van der Waals surface area contributed by atoms with Crippen LogP contribution in [-0.4, -0.2) is 27.3 Å². The van der Waals surface area contributed by atoms with Crippen LogP contribution >= 0.6 is 27.3 Å². The highest BCUT2D eigenvalue weighted by Gasteiger charge is 2.11. The molecule has 2 N–H and O–H groups in total. The van der Waals surface area contributed by atoms with E-state index in [0.29, 0.717) is 13.1 Å². The summed E-state index contributed by atoms with van der Waals surface area (Å²) < 4.78 is 26.3. The van der Waals surface area contributed by atoms with Crippen LogP contribution in [0.2, 0.25) is 0 Å². The molecule has 0 aliphatic rings. The predicted octanol–water partition coefficient (Wildman–Crippen LogP) is 2.10. The molecule has 0 bridgehead atoms. The summed E-state index contributed by atoms with van der Waals surface area (Å²) in [4.78, 5) is 1.19. The molecule has 98 valence electrons. The number of sulfonamides is 1. The SMILES string of the molecule is CCNS(=O)(=O)CCNC(C)c1ccc(Br)s1. The highest BCUT2D eigenvalue weighted by atomic mass is 79.9. The molecule has 0 radical (unpaired) electrons. The second-order valence-electron chi connectivity index (χ2n) is 3.63. The van der Waals surface area contributed by atoms with Crippen LogP contribution in [0.4, 0.5) is 0 Å². The molecule has 0 amide bonds. The quantitative estimate of drug-likeness (QED) is 0.799. The lowest BCUT2D eigenvalue weighted by Crippen LogP contribution is -2.32. The van der Waals surface area contributed by atoms with Gasteiger partial charge in [0.15, 0.2) is 0 Å². The van der Waals surface area contributed by atoms with E-state index in [1.165, 1.54) is 4.88 Å². The predicted molar refractivity (Wildman–Crippen MR) is 75.9 cm³/mol. The Labute approximate surface area is 115 Å². The van der Waals surface area contributed by atoms with Gasteiger partial charge in [-0.25, -0.2) is 13.1 Å². The van der Waals surface area contributed by atoms with Crippen molar-refractivity contribution in [1.82, 2.24) is 10.0 Å². The Morgan fingerprint density at radius 3 is 2.71 bits per heavy atom. The molecule has 0 saturated carbocycles. The van der Waals surface area contributed by atoms with E-state index in [-0.39, 0.29) is 11.8 Å². The van der Waals surface area contributed by atoms with E-state index in [2.05, 4.69) is 26.0 Å². The van der Waals surface area contributed by atoms with Gasteiger partial charge in [-0.2, -0.15) is 0 Å². The Balaban J connectivity index is 2.37. The first-order valence-corrected chi connectivity index (χ1v) is 8.66. The second kappa shape index (κ2) is 6.84. The van der Waals surface area contributed by atoms with Gasteiger partial charge in [0.2, 0.25) is 10.0 Å². The number of halogens is 1. The summed E-state index contributed by atoms with van der Waals surface area (Å²) in [7, 11) is -3.12. The fraction of sp³-hybridized carbons (Fsp3) is 0.600. The van der Waals surface area contributed by atoms with E-state index in [1.807, 2.05) is 19.1 Å². The third-order valence-corrected chi connectivity index (χ3v) is 5.48. The molecule has 1 atom stereocenters. The van der Waals surface area contributed by atoms with Gasteiger partial charge in [0.25, 0.3) is 0 Å². The standard InChI is InChI=1S/C10H17BrN2O2S2/c1-3-13-17(14,15)7-6-12-8(2)9-4-5-10(11)16-9/h4-5,8,12-13H,3,6-7H2,1-2H3. The fourth-order valence-electron chi connectivity index (χ4n) is 1.36. The van der Waals surface area contributed by atoms with Crippen LogP contribution in [0.3, 0.4) is 0 Å². The zero-order valence-corrected chi connectivity index (χ0v) is 13.1. The largest absolute Gasteiger partial charge is 0.308 e. The number of nitrogens with one attached hydrogen (secondary N) is 2. The van der Waals surface area contributed by atoms with Crippen molar-refractivity contribution in [1.29, 1.82) is 0 Å². The highest BCUT2D eigenvalue weighted by molar-refractivity contribution is 9.11. The van der Waals surface area contributed by atoms with E-state index in [0.717, 1.165) is 3.79 Å². The molecule has 0 fully saturated rings. The summed E-state index contributed by atoms with van der Waals surface area (Å²) in [6.45, 7) is 4.69. The summed E-state index contributed by atoms with van der Waals surface area (Å²) in [5, 5.41) is 3.20. The van der Waals surface area contributed by atoms with Crippen molar-refractivity contribution in [3.8, 4) is 0 Å². The molecule has 7 heteroatoms. The maximum atomic E-state index is 11.4. The zero-order chi connectivity index (χ0) is 12.9. The van der Waals surface area contributed by atoms with Crippen molar-refractivity contribution in [2.45, 2.75) is 19.9 Å². The average molecular weight is 341 g/mol. The Kier molecular flexibility index (Phi) is 6.08. The molecule has 1 unspecified atom stereocenters. The maximum Gasteiger partial charge on any atom is 0.212 e. The number of hydrogen-bond acceptors (Lipinski definition) is 4. The van der Waals surface area contributed by atoms with Crippen LogP contribution in [0.5, 0.6) is 0 Å². The lowest BCUT2D eigenvalue weighted by Gasteiger charge is -2.12. The smallest absolute Gasteiger partial charge is 0.212 e. The van der Waals surface area contributed by atoms with Gasteiger partial charge in [-0.3, -0.25) is 0 Å². The maximum absolute atomic E-state index is 11.4. The zero-order valence-electron chi connectivity index (χ0n) is 9.86.